The predicted molar refractivity (Wildman–Crippen MR) is 89.2 cm³/mol. The van der Waals surface area contributed by atoms with E-state index in [-0.39, 0.29) is 0 Å². The Morgan fingerprint density at radius 3 is 2.92 bits per heavy atom. The molecule has 4 N–H and O–H groups in total. The Morgan fingerprint density at radius 1 is 1.44 bits per heavy atom. The molecule has 132 valence electrons. The number of aliphatic hydroxyl groups is 1. The summed E-state index contributed by atoms with van der Waals surface area (Å²) in [4.78, 5) is 11.7. The highest BCUT2D eigenvalue weighted by molar-refractivity contribution is 5.92. The van der Waals surface area contributed by atoms with E-state index in [4.69, 9.17) is 5.73 Å². The van der Waals surface area contributed by atoms with Gasteiger partial charge in [0.2, 0.25) is 11.4 Å². The number of amides is 1. The molecule has 1 saturated heterocycles. The molecule has 1 aromatic carbocycles. The highest BCUT2D eigenvalue weighted by Gasteiger charge is 2.40. The lowest BCUT2D eigenvalue weighted by molar-refractivity contribution is -0.662. The predicted octanol–water partition coefficient (Wildman–Crippen LogP) is 0.0744. The fourth-order valence-electron chi connectivity index (χ4n) is 3.85. The number of nitrogens with zero attached hydrogens (tertiary/aromatic N) is 3. The minimum Gasteiger partial charge on any atom is -0.769 e. The first-order valence-electron chi connectivity index (χ1n) is 8.39. The molecule has 1 aliphatic heterocycles. The zero-order valence-electron chi connectivity index (χ0n) is 14.0. The van der Waals surface area contributed by atoms with Gasteiger partial charge in [0.1, 0.15) is 5.72 Å². The zero-order chi connectivity index (χ0) is 17.8. The maximum absolute atomic E-state index is 12.3. The van der Waals surface area contributed by atoms with Gasteiger partial charge in [-0.15, -0.1) is 0 Å². The van der Waals surface area contributed by atoms with Crippen molar-refractivity contribution in [1.82, 2.24) is 15.3 Å². The SMILES string of the molecule is CN1CC[C@@](O)(c2cccc(-[n+]3[nH]c(C(N)=O)c4c3CCC4)c2)N1[O-]. The number of benzene rings is 1. The maximum atomic E-state index is 12.3. The molecule has 1 atom stereocenters. The second-order valence-electron chi connectivity index (χ2n) is 6.74. The highest BCUT2D eigenvalue weighted by Crippen LogP contribution is 2.35. The van der Waals surface area contributed by atoms with E-state index in [1.807, 2.05) is 10.7 Å². The molecule has 2 aromatic rings. The molecule has 0 unspecified atom stereocenters. The quantitative estimate of drug-likeness (QED) is 0.683. The van der Waals surface area contributed by atoms with Crippen LogP contribution in [0.15, 0.2) is 24.3 Å². The molecule has 25 heavy (non-hydrogen) atoms. The van der Waals surface area contributed by atoms with Gasteiger partial charge in [-0.05, 0) is 12.8 Å². The van der Waals surface area contributed by atoms with Crippen molar-refractivity contribution in [1.29, 1.82) is 0 Å². The molecule has 0 radical (unpaired) electrons. The van der Waals surface area contributed by atoms with Crippen molar-refractivity contribution in [3.05, 3.63) is 52.0 Å². The summed E-state index contributed by atoms with van der Waals surface area (Å²) >= 11 is 0. The number of hydrogen-bond donors (Lipinski definition) is 3. The number of hydrazine groups is 1. The lowest BCUT2D eigenvalue weighted by atomic mass is 10.0. The van der Waals surface area contributed by atoms with E-state index in [0.717, 1.165) is 36.2 Å². The van der Waals surface area contributed by atoms with E-state index >= 15 is 0 Å². The fourth-order valence-corrected chi connectivity index (χ4v) is 3.85. The number of carbonyl (C=O) groups is 1. The summed E-state index contributed by atoms with van der Waals surface area (Å²) in [7, 11) is 1.65. The van der Waals surface area contributed by atoms with Crippen molar-refractivity contribution in [2.45, 2.75) is 31.4 Å². The number of rotatable bonds is 3. The van der Waals surface area contributed by atoms with Crippen molar-refractivity contribution >= 4 is 5.91 Å². The summed E-state index contributed by atoms with van der Waals surface area (Å²) < 4.78 is 1.84. The standard InChI is InChI=1S/C17H20N5O3/c1-20-9-8-17(24,22(20)25)11-4-2-5-12(10-11)21-14-7-3-6-13(14)15(19-21)16(18)23/h2,4-5,10,24H,3,6-9H2,1H3,(H2,18,23)/q-1/p+1/t17-/m1/s1. The number of aromatic nitrogens is 2. The molecule has 1 fully saturated rings. The van der Waals surface area contributed by atoms with Crippen LogP contribution in [-0.2, 0) is 18.6 Å². The van der Waals surface area contributed by atoms with Crippen LogP contribution in [0.3, 0.4) is 0 Å². The van der Waals surface area contributed by atoms with Crippen LogP contribution < -0.4 is 10.4 Å². The normalized spacial score (nSPS) is 24.0. The Bertz CT molecular complexity index is 849. The highest BCUT2D eigenvalue weighted by atomic mass is 16.6. The molecule has 0 bridgehead atoms. The van der Waals surface area contributed by atoms with Crippen LogP contribution >= 0.6 is 0 Å². The molecule has 0 saturated carbocycles. The van der Waals surface area contributed by atoms with E-state index in [1.165, 1.54) is 5.01 Å². The molecular formula is C17H21N5O3. The molecule has 4 rings (SSSR count). The van der Waals surface area contributed by atoms with Gasteiger partial charge in [0.05, 0.1) is 5.56 Å². The molecule has 8 heteroatoms. The summed E-state index contributed by atoms with van der Waals surface area (Å²) in [5.41, 5.74) is 7.62. The largest absolute Gasteiger partial charge is 0.769 e. The van der Waals surface area contributed by atoms with Gasteiger partial charge >= 0.3 is 0 Å². The summed E-state index contributed by atoms with van der Waals surface area (Å²) in [5, 5.41) is 28.3. The minimum atomic E-state index is -1.58. The summed E-state index contributed by atoms with van der Waals surface area (Å²) in [6.45, 7) is 0.487. The maximum Gasteiger partial charge on any atom is 0.271 e. The van der Waals surface area contributed by atoms with E-state index < -0.39 is 11.6 Å². The van der Waals surface area contributed by atoms with Gasteiger partial charge in [-0.25, -0.2) is 0 Å². The first-order valence-corrected chi connectivity index (χ1v) is 8.39. The number of primary amides is 1. The molecule has 0 spiro atoms. The zero-order valence-corrected chi connectivity index (χ0v) is 14.0. The summed E-state index contributed by atoms with van der Waals surface area (Å²) in [5.74, 6) is -0.477. The first kappa shape index (κ1) is 16.2. The molecule has 1 aliphatic carbocycles. The van der Waals surface area contributed by atoms with Gasteiger partial charge in [-0.2, -0.15) is 5.10 Å². The number of hydroxylamine groups is 1. The van der Waals surface area contributed by atoms with Gasteiger partial charge < -0.3 is 16.0 Å². The number of hydrogen-bond acceptors (Lipinski definition) is 5. The topological polar surface area (TPSA) is 113 Å². The van der Waals surface area contributed by atoms with Crippen LogP contribution in [0.1, 0.15) is 40.2 Å². The smallest absolute Gasteiger partial charge is 0.271 e. The van der Waals surface area contributed by atoms with Crippen LogP contribution in [0.4, 0.5) is 0 Å². The Kier molecular flexibility index (Phi) is 3.66. The fraction of sp³-hybridized carbons (Fsp3) is 0.412. The van der Waals surface area contributed by atoms with Crippen LogP contribution in [0.2, 0.25) is 0 Å². The van der Waals surface area contributed by atoms with Gasteiger partial charge in [-0.3, -0.25) is 15.0 Å². The van der Waals surface area contributed by atoms with E-state index in [9.17, 15) is 15.1 Å². The van der Waals surface area contributed by atoms with Crippen LogP contribution in [0, 0.1) is 5.21 Å². The monoisotopic (exact) mass is 343 g/mol. The molecule has 8 nitrogen and oxygen atoms in total. The third-order valence-electron chi connectivity index (χ3n) is 5.21. The third-order valence-corrected chi connectivity index (χ3v) is 5.21. The van der Waals surface area contributed by atoms with Crippen molar-refractivity contribution in [3.63, 3.8) is 0 Å². The Labute approximate surface area is 145 Å². The van der Waals surface area contributed by atoms with Crippen molar-refractivity contribution in [2.24, 2.45) is 5.73 Å². The van der Waals surface area contributed by atoms with Crippen LogP contribution in [0.25, 0.3) is 5.69 Å². The Hall–Kier alpha value is -2.26. The summed E-state index contributed by atoms with van der Waals surface area (Å²) in [6.07, 6.45) is 2.97. The first-order chi connectivity index (χ1) is 11.9. The number of fused-ring (bicyclic) bond motifs is 1. The number of aromatic amines is 1. The van der Waals surface area contributed by atoms with Crippen molar-refractivity contribution in [3.8, 4) is 5.69 Å². The number of H-pyrrole nitrogens is 1. The van der Waals surface area contributed by atoms with Crippen molar-refractivity contribution in [2.75, 3.05) is 13.6 Å². The molecule has 1 amide bonds. The van der Waals surface area contributed by atoms with Gasteiger partial charge in [0.15, 0.2) is 5.69 Å². The Balaban J connectivity index is 1.79. The second kappa shape index (κ2) is 5.63. The average molecular weight is 343 g/mol. The number of nitrogens with one attached hydrogen (secondary N) is 1. The third kappa shape index (κ3) is 2.37. The van der Waals surface area contributed by atoms with Gasteiger partial charge in [-0.1, -0.05) is 16.8 Å². The van der Waals surface area contributed by atoms with E-state index in [1.54, 1.807) is 25.2 Å². The van der Waals surface area contributed by atoms with E-state index in [0.29, 0.717) is 29.4 Å². The Morgan fingerprint density at radius 2 is 2.24 bits per heavy atom. The molecule has 2 heterocycles. The van der Waals surface area contributed by atoms with Gasteiger partial charge in [0, 0.05) is 44.1 Å². The lowest BCUT2D eigenvalue weighted by Crippen LogP contribution is -2.43. The van der Waals surface area contributed by atoms with E-state index in [2.05, 4.69) is 5.10 Å². The lowest BCUT2D eigenvalue weighted by Gasteiger charge is -2.41. The molecular weight excluding hydrogens is 322 g/mol. The molecule has 1 aromatic heterocycles. The second-order valence-corrected chi connectivity index (χ2v) is 6.74. The number of nitrogens with two attached hydrogens (primary N) is 1. The number of carbonyl (C=O) groups excluding carboxylic acids is 1. The van der Waals surface area contributed by atoms with Crippen LogP contribution in [-0.4, -0.2) is 39.9 Å². The van der Waals surface area contributed by atoms with Crippen molar-refractivity contribution < 1.29 is 14.6 Å². The summed E-state index contributed by atoms with van der Waals surface area (Å²) in [6, 6.07) is 7.20. The average Bonchev–Trinajstić information content (AvgIpc) is 3.26. The van der Waals surface area contributed by atoms with Gasteiger partial charge in [0.25, 0.3) is 5.91 Å². The molecule has 2 aliphatic rings. The van der Waals surface area contributed by atoms with Crippen LogP contribution in [0.5, 0.6) is 0 Å². The minimum absolute atomic E-state index is 0.330.